The maximum atomic E-state index is 13.9. The van der Waals surface area contributed by atoms with E-state index in [0.717, 1.165) is 57.2 Å². The monoisotopic (exact) mass is 443 g/mol. The number of likely N-dealkylation sites (tertiary alicyclic amines) is 1. The molecule has 0 aromatic carbocycles. The summed E-state index contributed by atoms with van der Waals surface area (Å²) in [4.78, 5) is 22.9. The Hall–Kier alpha value is -2.68. The Morgan fingerprint density at radius 3 is 2.75 bits per heavy atom. The zero-order valence-electron chi connectivity index (χ0n) is 18.7. The third-order valence-electron chi connectivity index (χ3n) is 7.11. The lowest BCUT2D eigenvalue weighted by molar-refractivity contribution is -0.00294. The van der Waals surface area contributed by atoms with Gasteiger partial charge in [0.15, 0.2) is 5.76 Å². The van der Waals surface area contributed by atoms with Gasteiger partial charge in [-0.05, 0) is 39.2 Å². The number of carbonyl (C=O) groups excluding carboxylic acids is 1. The van der Waals surface area contributed by atoms with E-state index in [-0.39, 0.29) is 17.3 Å². The average molecular weight is 444 g/mol. The molecule has 1 amide bonds. The molecule has 2 saturated heterocycles. The molecule has 4 heterocycles. The second kappa shape index (κ2) is 8.35. The molecule has 3 fully saturated rings. The maximum Gasteiger partial charge on any atom is 0.409 e. The topological polar surface area (TPSA) is 74.9 Å². The van der Waals surface area contributed by atoms with Gasteiger partial charge in [0.1, 0.15) is 11.6 Å². The number of nitrogens with zero attached hydrogens (tertiary/aromatic N) is 5. The van der Waals surface area contributed by atoms with E-state index in [1.165, 1.54) is 25.1 Å². The predicted molar refractivity (Wildman–Crippen MR) is 117 cm³/mol. The molecule has 2 aliphatic heterocycles. The Labute approximate surface area is 187 Å². The second-order valence-corrected chi connectivity index (χ2v) is 9.33. The van der Waals surface area contributed by atoms with E-state index < -0.39 is 0 Å². The van der Waals surface area contributed by atoms with Crippen LogP contribution in [-0.4, -0.2) is 78.0 Å². The van der Waals surface area contributed by atoms with Crippen molar-refractivity contribution < 1.29 is 18.4 Å². The van der Waals surface area contributed by atoms with Crippen LogP contribution in [0.3, 0.4) is 0 Å². The quantitative estimate of drug-likeness (QED) is 0.718. The number of carbonyl (C=O) groups is 1. The molecule has 8 nitrogen and oxygen atoms in total. The summed E-state index contributed by atoms with van der Waals surface area (Å²) >= 11 is 0. The number of aryl methyl sites for hydroxylation is 1. The summed E-state index contributed by atoms with van der Waals surface area (Å²) in [7, 11) is 0. The summed E-state index contributed by atoms with van der Waals surface area (Å²) in [5, 5.41) is 3.94. The van der Waals surface area contributed by atoms with Crippen molar-refractivity contribution in [3.05, 3.63) is 29.8 Å². The van der Waals surface area contributed by atoms with Crippen LogP contribution >= 0.6 is 0 Å². The van der Waals surface area contributed by atoms with Gasteiger partial charge in [0.05, 0.1) is 24.1 Å². The van der Waals surface area contributed by atoms with Gasteiger partial charge >= 0.3 is 6.09 Å². The van der Waals surface area contributed by atoms with Crippen molar-refractivity contribution in [3.8, 4) is 11.3 Å². The Morgan fingerprint density at radius 1 is 1.28 bits per heavy atom. The van der Waals surface area contributed by atoms with Crippen molar-refractivity contribution in [1.29, 1.82) is 0 Å². The van der Waals surface area contributed by atoms with E-state index in [4.69, 9.17) is 9.26 Å². The molecule has 9 heteroatoms. The molecule has 1 atom stereocenters. The first-order valence-corrected chi connectivity index (χ1v) is 11.5. The molecular weight excluding hydrogens is 413 g/mol. The van der Waals surface area contributed by atoms with Gasteiger partial charge in [-0.3, -0.25) is 4.90 Å². The fraction of sp³-hybridized carbons (Fsp3) is 0.609. The molecule has 0 N–H and O–H groups in total. The summed E-state index contributed by atoms with van der Waals surface area (Å²) in [6, 6.07) is 3.84. The molecule has 3 aliphatic rings. The largest absolute Gasteiger partial charge is 0.450 e. The average Bonchev–Trinajstić information content (AvgIpc) is 3.40. The molecule has 2 aromatic rings. The summed E-state index contributed by atoms with van der Waals surface area (Å²) in [5.41, 5.74) is 1.67. The Balaban J connectivity index is 1.20. The summed E-state index contributed by atoms with van der Waals surface area (Å²) in [5.74, 6) is 0.903. The lowest BCUT2D eigenvalue weighted by Crippen LogP contribution is -2.58. The lowest BCUT2D eigenvalue weighted by Gasteiger charge is -2.48. The predicted octanol–water partition coefficient (Wildman–Crippen LogP) is 3.32. The third-order valence-corrected chi connectivity index (χ3v) is 7.11. The Morgan fingerprint density at radius 2 is 2.06 bits per heavy atom. The minimum Gasteiger partial charge on any atom is -0.450 e. The minimum absolute atomic E-state index is 0.181. The smallest absolute Gasteiger partial charge is 0.409 e. The molecular formula is C23H30FN5O3. The zero-order chi connectivity index (χ0) is 22.3. The molecule has 5 rings (SSSR count). The van der Waals surface area contributed by atoms with E-state index in [1.54, 1.807) is 0 Å². The molecule has 0 bridgehead atoms. The first-order chi connectivity index (χ1) is 15.5. The fourth-order valence-corrected chi connectivity index (χ4v) is 5.54. The van der Waals surface area contributed by atoms with Crippen molar-refractivity contribution in [2.75, 3.05) is 50.8 Å². The standard InChI is InChI=1S/C23H30FN5O3/c1-3-31-22(30)29-14-23(15-29)5-4-18(12-23)27-6-8-28(9-7-27)21-19(11-17(24)13-25-21)20-10-16(2)26-32-20/h10-11,13,18H,3-9,12,14-15H2,1-2H3/t18-/m1/s1. The first kappa shape index (κ1) is 21.2. The Kier molecular flexibility index (Phi) is 5.53. The van der Waals surface area contributed by atoms with Gasteiger partial charge in [-0.2, -0.15) is 0 Å². The molecule has 1 aliphatic carbocycles. The third kappa shape index (κ3) is 3.94. The normalized spacial score (nSPS) is 22.9. The van der Waals surface area contributed by atoms with Gasteiger partial charge in [-0.1, -0.05) is 5.16 Å². The molecule has 0 unspecified atom stereocenters. The summed E-state index contributed by atoms with van der Waals surface area (Å²) < 4.78 is 24.4. The van der Waals surface area contributed by atoms with Gasteiger partial charge in [0, 0.05) is 56.8 Å². The van der Waals surface area contributed by atoms with E-state index in [0.29, 0.717) is 24.0 Å². The number of ether oxygens (including phenoxy) is 1. The number of hydrogen-bond acceptors (Lipinski definition) is 7. The summed E-state index contributed by atoms with van der Waals surface area (Å²) in [6.45, 7) is 9.30. The number of hydrogen-bond donors (Lipinski definition) is 0. The lowest BCUT2D eigenvalue weighted by atomic mass is 9.78. The van der Waals surface area contributed by atoms with Crippen LogP contribution in [0.4, 0.5) is 15.0 Å². The van der Waals surface area contributed by atoms with Gasteiger partial charge in [-0.15, -0.1) is 0 Å². The van der Waals surface area contributed by atoms with Crippen LogP contribution in [0.25, 0.3) is 11.3 Å². The molecule has 32 heavy (non-hydrogen) atoms. The van der Waals surface area contributed by atoms with Crippen LogP contribution in [0, 0.1) is 18.2 Å². The van der Waals surface area contributed by atoms with E-state index >= 15 is 0 Å². The number of piperazine rings is 1. The van der Waals surface area contributed by atoms with Crippen molar-refractivity contribution >= 4 is 11.9 Å². The number of pyridine rings is 1. The number of anilines is 1. The molecule has 2 aromatic heterocycles. The highest BCUT2D eigenvalue weighted by atomic mass is 19.1. The minimum atomic E-state index is -0.384. The highest BCUT2D eigenvalue weighted by Gasteiger charge is 2.51. The molecule has 0 radical (unpaired) electrons. The van der Waals surface area contributed by atoms with Crippen molar-refractivity contribution in [1.82, 2.24) is 19.9 Å². The number of amides is 1. The van der Waals surface area contributed by atoms with Crippen LogP contribution < -0.4 is 4.90 Å². The first-order valence-electron chi connectivity index (χ1n) is 11.5. The zero-order valence-corrected chi connectivity index (χ0v) is 18.7. The SMILES string of the molecule is CCOC(=O)N1CC2(CC[C@@H](N3CCN(c4ncc(F)cc4-c4cc(C)no4)CC3)C2)C1. The van der Waals surface area contributed by atoms with Gasteiger partial charge in [0.25, 0.3) is 0 Å². The van der Waals surface area contributed by atoms with E-state index in [9.17, 15) is 9.18 Å². The summed E-state index contributed by atoms with van der Waals surface area (Å²) in [6.07, 6.45) is 4.57. The number of aromatic nitrogens is 2. The van der Waals surface area contributed by atoms with Gasteiger partial charge in [-0.25, -0.2) is 14.2 Å². The second-order valence-electron chi connectivity index (χ2n) is 9.33. The van der Waals surface area contributed by atoms with E-state index in [2.05, 4.69) is 19.9 Å². The van der Waals surface area contributed by atoms with Gasteiger partial charge in [0.2, 0.25) is 0 Å². The van der Waals surface area contributed by atoms with Crippen LogP contribution in [0.1, 0.15) is 31.9 Å². The maximum absolute atomic E-state index is 13.9. The highest BCUT2D eigenvalue weighted by molar-refractivity contribution is 5.72. The fourth-order valence-electron chi connectivity index (χ4n) is 5.54. The van der Waals surface area contributed by atoms with Gasteiger partial charge < -0.3 is 19.1 Å². The van der Waals surface area contributed by atoms with Crippen LogP contribution in [-0.2, 0) is 4.74 Å². The van der Waals surface area contributed by atoms with Crippen molar-refractivity contribution in [2.24, 2.45) is 5.41 Å². The van der Waals surface area contributed by atoms with Crippen LogP contribution in [0.2, 0.25) is 0 Å². The van der Waals surface area contributed by atoms with Crippen molar-refractivity contribution in [3.63, 3.8) is 0 Å². The van der Waals surface area contributed by atoms with Crippen LogP contribution in [0.15, 0.2) is 22.9 Å². The van der Waals surface area contributed by atoms with Crippen LogP contribution in [0.5, 0.6) is 0 Å². The molecule has 1 saturated carbocycles. The number of halogens is 1. The molecule has 172 valence electrons. The van der Waals surface area contributed by atoms with E-state index in [1.807, 2.05) is 24.8 Å². The highest BCUT2D eigenvalue weighted by Crippen LogP contribution is 2.47. The molecule has 1 spiro atoms. The Bertz CT molecular complexity index is 982. The van der Waals surface area contributed by atoms with Crippen molar-refractivity contribution in [2.45, 2.75) is 39.2 Å². The number of rotatable bonds is 4.